The maximum absolute atomic E-state index is 13.7. The zero-order chi connectivity index (χ0) is 15.8. The van der Waals surface area contributed by atoms with Crippen molar-refractivity contribution >= 4 is 23.9 Å². The van der Waals surface area contributed by atoms with Gasteiger partial charge in [-0.3, -0.25) is 0 Å². The van der Waals surface area contributed by atoms with E-state index in [1.165, 1.54) is 24.3 Å². The fraction of sp³-hybridized carbons (Fsp3) is 0.0769. The van der Waals surface area contributed by atoms with Gasteiger partial charge in [-0.05, 0) is 0 Å². The minimum atomic E-state index is -5.52. The average Bonchev–Trinajstić information content (AvgIpc) is 2.41. The van der Waals surface area contributed by atoms with E-state index in [-0.39, 0.29) is 0 Å². The standard InChI is InChI=1S/C13H5F7Se/c14-8-7(13(18,19)20)9(15)11(17)12(10(8)16)21-6-4-2-1-3-5-6/h1-5H. The van der Waals surface area contributed by atoms with Gasteiger partial charge in [-0.15, -0.1) is 0 Å². The van der Waals surface area contributed by atoms with E-state index in [2.05, 4.69) is 0 Å². The molecule has 0 spiro atoms. The summed E-state index contributed by atoms with van der Waals surface area (Å²) in [5.74, 6) is -8.86. The molecule has 0 aliphatic rings. The van der Waals surface area contributed by atoms with Crippen molar-refractivity contribution in [1.82, 2.24) is 0 Å². The van der Waals surface area contributed by atoms with Gasteiger partial charge in [0.25, 0.3) is 0 Å². The Morgan fingerprint density at radius 3 is 1.62 bits per heavy atom. The molecule has 8 heteroatoms. The topological polar surface area (TPSA) is 0 Å². The van der Waals surface area contributed by atoms with E-state index in [1.807, 2.05) is 0 Å². The van der Waals surface area contributed by atoms with Crippen molar-refractivity contribution in [2.75, 3.05) is 0 Å². The monoisotopic (exact) mass is 374 g/mol. The molecule has 0 fully saturated rings. The van der Waals surface area contributed by atoms with Crippen molar-refractivity contribution in [3.05, 3.63) is 59.2 Å². The maximum atomic E-state index is 13.7. The molecule has 0 N–H and O–H groups in total. The number of alkyl halides is 3. The first-order valence-electron chi connectivity index (χ1n) is 5.39. The Kier molecular flexibility index (Phi) is 4.30. The van der Waals surface area contributed by atoms with Gasteiger partial charge in [0.15, 0.2) is 0 Å². The van der Waals surface area contributed by atoms with E-state index in [4.69, 9.17) is 0 Å². The van der Waals surface area contributed by atoms with Crippen molar-refractivity contribution < 1.29 is 30.7 Å². The summed E-state index contributed by atoms with van der Waals surface area (Å²) in [6, 6.07) is 7.58. The quantitative estimate of drug-likeness (QED) is 0.432. The Morgan fingerprint density at radius 1 is 0.714 bits per heavy atom. The summed E-state index contributed by atoms with van der Waals surface area (Å²) in [7, 11) is 0. The summed E-state index contributed by atoms with van der Waals surface area (Å²) in [4.78, 5) is 0. The van der Waals surface area contributed by atoms with Crippen LogP contribution in [-0.4, -0.2) is 15.0 Å². The molecule has 0 saturated heterocycles. The second kappa shape index (κ2) is 5.69. The average molecular weight is 373 g/mol. The molecule has 0 saturated carbocycles. The molecular formula is C13H5F7Se. The first-order chi connectivity index (χ1) is 9.73. The number of hydrogen-bond donors (Lipinski definition) is 0. The van der Waals surface area contributed by atoms with Crippen LogP contribution < -0.4 is 8.92 Å². The Hall–Kier alpha value is -1.53. The summed E-state index contributed by atoms with van der Waals surface area (Å²) in [6.07, 6.45) is -5.52. The van der Waals surface area contributed by atoms with Gasteiger partial charge in [0.2, 0.25) is 0 Å². The second-order valence-electron chi connectivity index (χ2n) is 3.87. The van der Waals surface area contributed by atoms with E-state index in [0.29, 0.717) is 4.46 Å². The number of hydrogen-bond acceptors (Lipinski definition) is 0. The molecule has 2 rings (SSSR count). The van der Waals surface area contributed by atoms with E-state index in [0.717, 1.165) is 0 Å². The summed E-state index contributed by atoms with van der Waals surface area (Å²) in [5, 5.41) is 0. The number of benzene rings is 2. The predicted molar refractivity (Wildman–Crippen MR) is 62.7 cm³/mol. The van der Waals surface area contributed by atoms with E-state index in [9.17, 15) is 30.7 Å². The van der Waals surface area contributed by atoms with Crippen LogP contribution in [0.4, 0.5) is 30.7 Å². The van der Waals surface area contributed by atoms with Gasteiger partial charge < -0.3 is 0 Å². The van der Waals surface area contributed by atoms with Crippen LogP contribution in [0.1, 0.15) is 5.56 Å². The summed E-state index contributed by atoms with van der Waals surface area (Å²) in [5.41, 5.74) is -2.55. The van der Waals surface area contributed by atoms with Crippen molar-refractivity contribution in [2.24, 2.45) is 0 Å². The minimum absolute atomic E-state index is 0.362. The molecule has 0 atom stereocenters. The van der Waals surface area contributed by atoms with Gasteiger partial charge >= 0.3 is 120 Å². The molecule has 0 heterocycles. The molecule has 112 valence electrons. The van der Waals surface area contributed by atoms with Gasteiger partial charge in [0.05, 0.1) is 0 Å². The Morgan fingerprint density at radius 2 is 1.19 bits per heavy atom. The molecule has 0 unspecified atom stereocenters. The molecule has 0 aliphatic carbocycles. The van der Waals surface area contributed by atoms with Crippen molar-refractivity contribution in [1.29, 1.82) is 0 Å². The van der Waals surface area contributed by atoms with Crippen molar-refractivity contribution in [3.63, 3.8) is 0 Å². The van der Waals surface area contributed by atoms with Crippen LogP contribution in [0, 0.1) is 23.3 Å². The molecule has 2 aromatic rings. The van der Waals surface area contributed by atoms with Crippen LogP contribution in [0.25, 0.3) is 0 Å². The van der Waals surface area contributed by atoms with Gasteiger partial charge in [0, 0.05) is 0 Å². The van der Waals surface area contributed by atoms with Crippen LogP contribution in [-0.2, 0) is 6.18 Å². The Balaban J connectivity index is 2.60. The van der Waals surface area contributed by atoms with E-state index < -0.39 is 54.4 Å². The summed E-state index contributed by atoms with van der Waals surface area (Å²) < 4.78 is 90.7. The summed E-state index contributed by atoms with van der Waals surface area (Å²) >= 11 is -1.21. The molecule has 0 amide bonds. The van der Waals surface area contributed by atoms with Crippen LogP contribution in [0.2, 0.25) is 0 Å². The summed E-state index contributed by atoms with van der Waals surface area (Å²) in [6.45, 7) is 0. The number of rotatable bonds is 2. The third kappa shape index (κ3) is 3.06. The molecule has 21 heavy (non-hydrogen) atoms. The zero-order valence-electron chi connectivity index (χ0n) is 9.94. The van der Waals surface area contributed by atoms with E-state index in [1.54, 1.807) is 6.07 Å². The third-order valence-electron chi connectivity index (χ3n) is 2.47. The molecule has 0 aliphatic heterocycles. The Labute approximate surface area is 120 Å². The van der Waals surface area contributed by atoms with Crippen molar-refractivity contribution in [3.8, 4) is 0 Å². The number of halogens is 7. The Bertz CT molecular complexity index is 635. The van der Waals surface area contributed by atoms with Crippen molar-refractivity contribution in [2.45, 2.75) is 6.18 Å². The van der Waals surface area contributed by atoms with E-state index >= 15 is 0 Å². The van der Waals surface area contributed by atoms with Gasteiger partial charge in [-0.1, -0.05) is 0 Å². The normalized spacial score (nSPS) is 11.8. The molecule has 0 aromatic heterocycles. The SMILES string of the molecule is Fc1c(F)c(C(F)(F)F)c(F)c(F)c1[Se]c1ccccc1. The third-order valence-corrected chi connectivity index (χ3v) is 4.72. The molecular weight excluding hydrogens is 368 g/mol. The molecule has 0 bridgehead atoms. The van der Waals surface area contributed by atoms with Gasteiger partial charge in [0.1, 0.15) is 0 Å². The first kappa shape index (κ1) is 15.9. The predicted octanol–water partition coefficient (Wildman–Crippen LogP) is 2.92. The zero-order valence-corrected chi connectivity index (χ0v) is 11.7. The second-order valence-corrected chi connectivity index (χ2v) is 6.15. The van der Waals surface area contributed by atoms with Gasteiger partial charge in [-0.25, -0.2) is 0 Å². The van der Waals surface area contributed by atoms with Crippen LogP contribution in [0.3, 0.4) is 0 Å². The van der Waals surface area contributed by atoms with Crippen LogP contribution in [0.5, 0.6) is 0 Å². The fourth-order valence-electron chi connectivity index (χ4n) is 1.56. The van der Waals surface area contributed by atoms with Gasteiger partial charge in [-0.2, -0.15) is 0 Å². The van der Waals surface area contributed by atoms with Crippen LogP contribution >= 0.6 is 0 Å². The molecule has 2 aromatic carbocycles. The molecule has 0 nitrogen and oxygen atoms in total. The van der Waals surface area contributed by atoms with Crippen LogP contribution in [0.15, 0.2) is 30.3 Å². The molecule has 0 radical (unpaired) electrons. The first-order valence-corrected chi connectivity index (χ1v) is 7.10. The fourth-order valence-corrected chi connectivity index (χ4v) is 3.42.